The fourth-order valence-corrected chi connectivity index (χ4v) is 5.38. The molecule has 6 rings (SSSR count). The maximum absolute atomic E-state index is 12.9. The first-order valence-corrected chi connectivity index (χ1v) is 14.8. The number of carbonyl (C=O) groups excluding carboxylic acids is 2. The molecule has 0 saturated carbocycles. The number of aryl methyl sites for hydroxylation is 1. The number of nitrogens with one attached hydrogen (secondary N) is 2. The SMILES string of the molecule is Cc1ccc(NC(=O)c2cccc(-c3coc4cc(-c5ccc(C6CNCCN6C(=O)OC(C)(C)C)cc5)cnc34)c2)cc1. The van der Waals surface area contributed by atoms with Gasteiger partial charge in [-0.05, 0) is 74.7 Å². The molecule has 224 valence electrons. The van der Waals surface area contributed by atoms with Crippen molar-refractivity contribution in [1.82, 2.24) is 15.2 Å². The fourth-order valence-electron chi connectivity index (χ4n) is 5.38. The Morgan fingerprint density at radius 1 is 0.977 bits per heavy atom. The molecule has 0 spiro atoms. The van der Waals surface area contributed by atoms with E-state index in [4.69, 9.17) is 14.1 Å². The first kappa shape index (κ1) is 29.1. The largest absolute Gasteiger partial charge is 0.462 e. The minimum Gasteiger partial charge on any atom is -0.462 e. The predicted molar refractivity (Wildman–Crippen MR) is 173 cm³/mol. The van der Waals surface area contributed by atoms with E-state index in [1.54, 1.807) is 17.2 Å². The van der Waals surface area contributed by atoms with Crippen LogP contribution in [0, 0.1) is 6.92 Å². The molecule has 0 bridgehead atoms. The third-order valence-corrected chi connectivity index (χ3v) is 7.66. The lowest BCUT2D eigenvalue weighted by Crippen LogP contribution is -2.50. The van der Waals surface area contributed by atoms with Crippen molar-refractivity contribution < 1.29 is 18.7 Å². The molecule has 3 aromatic carbocycles. The van der Waals surface area contributed by atoms with Gasteiger partial charge in [-0.2, -0.15) is 0 Å². The number of fused-ring (bicyclic) bond motifs is 1. The van der Waals surface area contributed by atoms with E-state index in [0.717, 1.165) is 51.1 Å². The van der Waals surface area contributed by atoms with Gasteiger partial charge in [-0.1, -0.05) is 54.1 Å². The molecule has 1 aliphatic heterocycles. The number of piperazine rings is 1. The second-order valence-electron chi connectivity index (χ2n) is 12.1. The summed E-state index contributed by atoms with van der Waals surface area (Å²) >= 11 is 0. The minimum atomic E-state index is -0.549. The number of carbonyl (C=O) groups is 2. The van der Waals surface area contributed by atoms with Crippen molar-refractivity contribution in [3.05, 3.63) is 108 Å². The molecule has 1 unspecified atom stereocenters. The molecule has 5 aromatic rings. The van der Waals surface area contributed by atoms with Crippen molar-refractivity contribution in [3.63, 3.8) is 0 Å². The summed E-state index contributed by atoms with van der Waals surface area (Å²) in [5.74, 6) is -0.180. The summed E-state index contributed by atoms with van der Waals surface area (Å²) in [6.07, 6.45) is 3.22. The summed E-state index contributed by atoms with van der Waals surface area (Å²) in [5.41, 5.74) is 7.87. The molecule has 1 atom stereocenters. The molecule has 8 heteroatoms. The topological polar surface area (TPSA) is 96.7 Å². The van der Waals surface area contributed by atoms with Crippen molar-refractivity contribution in [2.24, 2.45) is 0 Å². The molecule has 3 heterocycles. The first-order chi connectivity index (χ1) is 21.1. The number of hydrogen-bond acceptors (Lipinski definition) is 6. The zero-order chi connectivity index (χ0) is 30.8. The lowest BCUT2D eigenvalue weighted by molar-refractivity contribution is 0.0118. The lowest BCUT2D eigenvalue weighted by Gasteiger charge is -2.37. The fraction of sp³-hybridized carbons (Fsp3) is 0.250. The number of anilines is 1. The molecule has 2 amide bonds. The van der Waals surface area contributed by atoms with Crippen molar-refractivity contribution >= 4 is 28.8 Å². The third kappa shape index (κ3) is 6.35. The number of pyridine rings is 1. The summed E-state index contributed by atoms with van der Waals surface area (Å²) in [5, 5.41) is 6.35. The number of ether oxygens (including phenoxy) is 1. The van der Waals surface area contributed by atoms with Crippen LogP contribution in [-0.4, -0.2) is 47.1 Å². The molecule has 2 aromatic heterocycles. The minimum absolute atomic E-state index is 0.115. The van der Waals surface area contributed by atoms with Gasteiger partial charge in [0.05, 0.1) is 6.04 Å². The van der Waals surface area contributed by atoms with Gasteiger partial charge in [0.2, 0.25) is 0 Å². The van der Waals surface area contributed by atoms with Gasteiger partial charge in [0.1, 0.15) is 17.4 Å². The van der Waals surface area contributed by atoms with E-state index in [1.807, 2.05) is 94.6 Å². The Bertz CT molecular complexity index is 1800. The van der Waals surface area contributed by atoms with Crippen molar-refractivity contribution in [3.8, 4) is 22.3 Å². The van der Waals surface area contributed by atoms with Crippen LogP contribution in [0.25, 0.3) is 33.4 Å². The third-order valence-electron chi connectivity index (χ3n) is 7.66. The van der Waals surface area contributed by atoms with Gasteiger partial charge in [0.15, 0.2) is 5.58 Å². The molecule has 0 aliphatic carbocycles. The van der Waals surface area contributed by atoms with Gasteiger partial charge in [-0.25, -0.2) is 4.79 Å². The van der Waals surface area contributed by atoms with Gasteiger partial charge < -0.3 is 19.8 Å². The van der Waals surface area contributed by atoms with E-state index in [0.29, 0.717) is 24.2 Å². The van der Waals surface area contributed by atoms with Crippen LogP contribution in [0.15, 0.2) is 95.7 Å². The van der Waals surface area contributed by atoms with Gasteiger partial charge in [-0.3, -0.25) is 14.7 Å². The smallest absolute Gasteiger partial charge is 0.410 e. The van der Waals surface area contributed by atoms with Crippen LogP contribution < -0.4 is 10.6 Å². The van der Waals surface area contributed by atoms with Crippen LogP contribution in [0.4, 0.5) is 10.5 Å². The van der Waals surface area contributed by atoms with Crippen LogP contribution in [-0.2, 0) is 4.74 Å². The number of hydrogen-bond donors (Lipinski definition) is 2. The molecular weight excluding hydrogens is 552 g/mol. The van der Waals surface area contributed by atoms with Crippen LogP contribution in [0.1, 0.15) is 48.3 Å². The highest BCUT2D eigenvalue weighted by Gasteiger charge is 2.31. The van der Waals surface area contributed by atoms with Crippen LogP contribution in [0.5, 0.6) is 0 Å². The molecule has 8 nitrogen and oxygen atoms in total. The summed E-state index contributed by atoms with van der Waals surface area (Å²) in [6, 6.07) is 25.2. The maximum Gasteiger partial charge on any atom is 0.410 e. The van der Waals surface area contributed by atoms with E-state index in [1.165, 1.54) is 0 Å². The van der Waals surface area contributed by atoms with Crippen molar-refractivity contribution in [2.75, 3.05) is 25.0 Å². The Hall–Kier alpha value is -4.95. The van der Waals surface area contributed by atoms with Crippen LogP contribution in [0.2, 0.25) is 0 Å². The second kappa shape index (κ2) is 12.0. The highest BCUT2D eigenvalue weighted by molar-refractivity contribution is 6.05. The average molecular weight is 589 g/mol. The van der Waals surface area contributed by atoms with Gasteiger partial charge in [0.25, 0.3) is 5.91 Å². The van der Waals surface area contributed by atoms with Gasteiger partial charge in [-0.15, -0.1) is 0 Å². The van der Waals surface area contributed by atoms with E-state index < -0.39 is 5.60 Å². The zero-order valence-corrected chi connectivity index (χ0v) is 25.4. The van der Waals surface area contributed by atoms with Gasteiger partial charge in [0, 0.05) is 48.2 Å². The molecule has 44 heavy (non-hydrogen) atoms. The highest BCUT2D eigenvalue weighted by Crippen LogP contribution is 2.33. The van der Waals surface area contributed by atoms with E-state index in [-0.39, 0.29) is 18.0 Å². The summed E-state index contributed by atoms with van der Waals surface area (Å²) in [7, 11) is 0. The van der Waals surface area contributed by atoms with E-state index >= 15 is 0 Å². The number of amides is 2. The van der Waals surface area contributed by atoms with Gasteiger partial charge >= 0.3 is 6.09 Å². The second-order valence-corrected chi connectivity index (χ2v) is 12.1. The van der Waals surface area contributed by atoms with Crippen molar-refractivity contribution in [1.29, 1.82) is 0 Å². The van der Waals surface area contributed by atoms with Crippen molar-refractivity contribution in [2.45, 2.75) is 39.3 Å². The number of furan rings is 1. The van der Waals surface area contributed by atoms with E-state index in [2.05, 4.69) is 22.8 Å². The Kier molecular flexibility index (Phi) is 7.93. The summed E-state index contributed by atoms with van der Waals surface area (Å²) < 4.78 is 11.6. The molecular formula is C36H36N4O4. The Labute approximate surface area is 257 Å². The Morgan fingerprint density at radius 3 is 2.50 bits per heavy atom. The maximum atomic E-state index is 12.9. The Balaban J connectivity index is 1.20. The first-order valence-electron chi connectivity index (χ1n) is 14.8. The van der Waals surface area contributed by atoms with Crippen LogP contribution >= 0.6 is 0 Å². The molecule has 1 aliphatic rings. The molecule has 2 N–H and O–H groups in total. The average Bonchev–Trinajstić information content (AvgIpc) is 3.45. The van der Waals surface area contributed by atoms with Crippen LogP contribution in [0.3, 0.4) is 0 Å². The summed E-state index contributed by atoms with van der Waals surface area (Å²) in [4.78, 5) is 32.4. The number of benzene rings is 3. The molecule has 0 radical (unpaired) electrons. The molecule has 1 fully saturated rings. The number of nitrogens with zero attached hydrogens (tertiary/aromatic N) is 2. The highest BCUT2D eigenvalue weighted by atomic mass is 16.6. The number of rotatable bonds is 5. The number of aromatic nitrogens is 1. The van der Waals surface area contributed by atoms with E-state index in [9.17, 15) is 9.59 Å². The standard InChI is InChI=1S/C36H36N4O4/c1-23-8-14-29(15-9-23)39-34(41)27-7-5-6-26(18-27)30-22-43-32-19-28(20-38-33(30)32)24-10-12-25(13-11-24)31-21-37-16-17-40(31)35(42)44-36(2,3)4/h5-15,18-20,22,31,37H,16-17,21H2,1-4H3,(H,39,41). The monoisotopic (exact) mass is 588 g/mol. The molecule has 1 saturated heterocycles. The quantitative estimate of drug-likeness (QED) is 0.219. The zero-order valence-electron chi connectivity index (χ0n) is 25.4. The Morgan fingerprint density at radius 2 is 1.75 bits per heavy atom. The normalized spacial score (nSPS) is 15.3. The lowest BCUT2D eigenvalue weighted by atomic mass is 9.99. The predicted octanol–water partition coefficient (Wildman–Crippen LogP) is 7.60. The summed E-state index contributed by atoms with van der Waals surface area (Å²) in [6.45, 7) is 9.64.